The fraction of sp³-hybridized carbons (Fsp3) is 0.588. The first-order valence-electron chi connectivity index (χ1n) is 7.40. The molecule has 1 amide bonds. The molecule has 0 heterocycles. The van der Waals surface area contributed by atoms with Crippen LogP contribution in [0.5, 0.6) is 0 Å². The maximum atomic E-state index is 11.5. The second-order valence-corrected chi connectivity index (χ2v) is 6.23. The number of benzene rings is 1. The highest BCUT2D eigenvalue weighted by Gasteiger charge is 2.12. The van der Waals surface area contributed by atoms with Crippen LogP contribution in [0.2, 0.25) is 0 Å². The minimum Gasteiger partial charge on any atom is -0.396 e. The average Bonchev–Trinajstić information content (AvgIpc) is 2.38. The smallest absolute Gasteiger partial charge is 0.220 e. The molecule has 0 aromatic heterocycles. The molecular weight excluding hydrogens is 250 g/mol. The van der Waals surface area contributed by atoms with Gasteiger partial charge in [-0.15, -0.1) is 0 Å². The van der Waals surface area contributed by atoms with Crippen molar-refractivity contribution in [3.8, 4) is 0 Å². The van der Waals surface area contributed by atoms with Crippen LogP contribution in [0.3, 0.4) is 0 Å². The van der Waals surface area contributed by atoms with Crippen LogP contribution in [0.4, 0.5) is 0 Å². The first-order valence-corrected chi connectivity index (χ1v) is 7.40. The highest BCUT2D eigenvalue weighted by atomic mass is 16.3. The van der Waals surface area contributed by atoms with E-state index < -0.39 is 0 Å². The third-order valence-electron chi connectivity index (χ3n) is 3.35. The van der Waals surface area contributed by atoms with E-state index in [4.69, 9.17) is 5.11 Å². The summed E-state index contributed by atoms with van der Waals surface area (Å²) in [7, 11) is 0. The van der Waals surface area contributed by atoms with Crippen molar-refractivity contribution in [3.63, 3.8) is 0 Å². The van der Waals surface area contributed by atoms with Crippen molar-refractivity contribution in [2.75, 3.05) is 13.2 Å². The maximum Gasteiger partial charge on any atom is 0.220 e. The van der Waals surface area contributed by atoms with Gasteiger partial charge in [0.1, 0.15) is 0 Å². The van der Waals surface area contributed by atoms with Crippen molar-refractivity contribution in [1.82, 2.24) is 5.32 Å². The third kappa shape index (κ3) is 6.20. The van der Waals surface area contributed by atoms with Gasteiger partial charge in [0.15, 0.2) is 0 Å². The van der Waals surface area contributed by atoms with Crippen molar-refractivity contribution in [3.05, 3.63) is 35.4 Å². The van der Waals surface area contributed by atoms with Crippen LogP contribution in [0.25, 0.3) is 0 Å². The molecule has 0 spiro atoms. The molecule has 0 radical (unpaired) electrons. The van der Waals surface area contributed by atoms with Gasteiger partial charge < -0.3 is 10.4 Å². The Labute approximate surface area is 122 Å². The highest BCUT2D eigenvalue weighted by molar-refractivity contribution is 5.75. The van der Waals surface area contributed by atoms with E-state index in [0.717, 1.165) is 12.8 Å². The zero-order valence-corrected chi connectivity index (χ0v) is 12.9. The minimum atomic E-state index is 0.0739. The Morgan fingerprint density at radius 3 is 2.35 bits per heavy atom. The lowest BCUT2D eigenvalue weighted by Gasteiger charge is -2.19. The van der Waals surface area contributed by atoms with Crippen LogP contribution in [-0.4, -0.2) is 24.2 Å². The summed E-state index contributed by atoms with van der Waals surface area (Å²) in [6.45, 7) is 7.31. The highest BCUT2D eigenvalue weighted by Crippen LogP contribution is 2.22. The summed E-state index contributed by atoms with van der Waals surface area (Å²) in [4.78, 5) is 11.5. The van der Waals surface area contributed by atoms with Gasteiger partial charge in [-0.2, -0.15) is 0 Å². The van der Waals surface area contributed by atoms with Crippen LogP contribution >= 0.6 is 0 Å². The molecule has 0 aliphatic carbocycles. The number of hydrogen-bond donors (Lipinski definition) is 2. The lowest BCUT2D eigenvalue weighted by Crippen LogP contribution is -2.24. The van der Waals surface area contributed by atoms with Gasteiger partial charge >= 0.3 is 0 Å². The number of nitrogens with one attached hydrogen (secondary N) is 1. The quantitative estimate of drug-likeness (QED) is 0.753. The molecule has 3 heteroatoms. The summed E-state index contributed by atoms with van der Waals surface area (Å²) >= 11 is 0. The van der Waals surface area contributed by atoms with Gasteiger partial charge in [0.05, 0.1) is 0 Å². The van der Waals surface area contributed by atoms with E-state index in [9.17, 15) is 4.79 Å². The number of carbonyl (C=O) groups excluding carboxylic acids is 1. The number of aryl methyl sites for hydroxylation is 1. The summed E-state index contributed by atoms with van der Waals surface area (Å²) in [5.74, 6) is 0.0739. The zero-order valence-electron chi connectivity index (χ0n) is 12.9. The molecular formula is C17H27NO2. The van der Waals surface area contributed by atoms with E-state index in [1.54, 1.807) is 0 Å². The summed E-state index contributed by atoms with van der Waals surface area (Å²) in [6.07, 6.45) is 2.96. The summed E-state index contributed by atoms with van der Waals surface area (Å²) < 4.78 is 0. The summed E-state index contributed by atoms with van der Waals surface area (Å²) in [5.41, 5.74) is 2.80. The molecule has 0 atom stereocenters. The molecule has 20 heavy (non-hydrogen) atoms. The second kappa shape index (κ2) is 8.05. The number of rotatable bonds is 7. The van der Waals surface area contributed by atoms with Gasteiger partial charge in [-0.05, 0) is 35.8 Å². The van der Waals surface area contributed by atoms with Crippen molar-refractivity contribution >= 4 is 5.91 Å². The Balaban J connectivity index is 2.30. The lowest BCUT2D eigenvalue weighted by molar-refractivity contribution is -0.121. The van der Waals surface area contributed by atoms with E-state index >= 15 is 0 Å². The van der Waals surface area contributed by atoms with Gasteiger partial charge in [0.2, 0.25) is 5.91 Å². The molecule has 0 saturated heterocycles. The molecule has 1 aromatic carbocycles. The standard InChI is InChI=1S/C17H27NO2/c1-17(2,3)15-10-8-14(9-11-15)6-4-7-16(20)18-12-5-13-19/h8-11,19H,4-7,12-13H2,1-3H3,(H,18,20). The molecule has 1 rings (SSSR count). The van der Waals surface area contributed by atoms with Crippen LogP contribution in [0.1, 0.15) is 51.2 Å². The lowest BCUT2D eigenvalue weighted by atomic mass is 9.86. The van der Waals surface area contributed by atoms with Crippen molar-refractivity contribution < 1.29 is 9.90 Å². The number of carbonyl (C=O) groups is 1. The van der Waals surface area contributed by atoms with Gasteiger partial charge in [-0.1, -0.05) is 45.0 Å². The first kappa shape index (κ1) is 16.7. The molecule has 1 aromatic rings. The SMILES string of the molecule is CC(C)(C)c1ccc(CCCC(=O)NCCCO)cc1. The van der Waals surface area contributed by atoms with E-state index in [1.165, 1.54) is 11.1 Å². The van der Waals surface area contributed by atoms with Crippen LogP contribution < -0.4 is 5.32 Å². The molecule has 0 aliphatic heterocycles. The Kier molecular flexibility index (Phi) is 6.73. The molecule has 3 nitrogen and oxygen atoms in total. The van der Waals surface area contributed by atoms with E-state index in [2.05, 4.69) is 50.4 Å². The Morgan fingerprint density at radius 2 is 1.80 bits per heavy atom. The Morgan fingerprint density at radius 1 is 1.15 bits per heavy atom. The van der Waals surface area contributed by atoms with Crippen LogP contribution in [-0.2, 0) is 16.6 Å². The maximum absolute atomic E-state index is 11.5. The first-order chi connectivity index (χ1) is 9.43. The monoisotopic (exact) mass is 277 g/mol. The molecule has 0 saturated carbocycles. The fourth-order valence-corrected chi connectivity index (χ4v) is 2.02. The van der Waals surface area contributed by atoms with Crippen LogP contribution in [0.15, 0.2) is 24.3 Å². The summed E-state index contributed by atoms with van der Waals surface area (Å²) in [5, 5.41) is 11.4. The van der Waals surface area contributed by atoms with E-state index in [0.29, 0.717) is 19.4 Å². The normalized spacial score (nSPS) is 11.4. The van der Waals surface area contributed by atoms with Crippen molar-refractivity contribution in [2.24, 2.45) is 0 Å². The minimum absolute atomic E-state index is 0.0739. The van der Waals surface area contributed by atoms with Gasteiger partial charge in [0, 0.05) is 19.6 Å². The largest absolute Gasteiger partial charge is 0.396 e. The summed E-state index contributed by atoms with van der Waals surface area (Å²) in [6, 6.07) is 8.67. The Bertz CT molecular complexity index is 404. The third-order valence-corrected chi connectivity index (χ3v) is 3.35. The Hall–Kier alpha value is -1.35. The van der Waals surface area contributed by atoms with Crippen molar-refractivity contribution in [1.29, 1.82) is 0 Å². The van der Waals surface area contributed by atoms with Gasteiger partial charge in [-0.3, -0.25) is 4.79 Å². The average molecular weight is 277 g/mol. The fourth-order valence-electron chi connectivity index (χ4n) is 2.02. The van der Waals surface area contributed by atoms with Gasteiger partial charge in [0.25, 0.3) is 0 Å². The topological polar surface area (TPSA) is 49.3 Å². The van der Waals surface area contributed by atoms with E-state index in [-0.39, 0.29) is 17.9 Å². The molecule has 0 unspecified atom stereocenters. The molecule has 0 fully saturated rings. The zero-order chi connectivity index (χ0) is 15.0. The van der Waals surface area contributed by atoms with Crippen molar-refractivity contribution in [2.45, 2.75) is 51.9 Å². The van der Waals surface area contributed by atoms with Crippen LogP contribution in [0, 0.1) is 0 Å². The molecule has 112 valence electrons. The molecule has 0 bridgehead atoms. The number of hydrogen-bond acceptors (Lipinski definition) is 2. The number of aliphatic hydroxyl groups is 1. The second-order valence-electron chi connectivity index (χ2n) is 6.23. The van der Waals surface area contributed by atoms with E-state index in [1.807, 2.05) is 0 Å². The van der Waals surface area contributed by atoms with Gasteiger partial charge in [-0.25, -0.2) is 0 Å². The molecule has 0 aliphatic rings. The predicted octanol–water partition coefficient (Wildman–Crippen LogP) is 2.81. The molecule has 2 N–H and O–H groups in total. The number of amides is 1. The predicted molar refractivity (Wildman–Crippen MR) is 82.8 cm³/mol. The number of aliphatic hydroxyl groups excluding tert-OH is 1.